The third-order valence-corrected chi connectivity index (χ3v) is 4.32. The van der Waals surface area contributed by atoms with Crippen LogP contribution in [-0.4, -0.2) is 34.6 Å². The first-order valence-electron chi connectivity index (χ1n) is 8.31. The Morgan fingerprint density at radius 1 is 1.19 bits per heavy atom. The molecule has 0 fully saturated rings. The van der Waals surface area contributed by atoms with Crippen LogP contribution in [0.5, 0.6) is 5.75 Å². The molecule has 1 N–H and O–H groups in total. The first-order chi connectivity index (χ1) is 13.1. The van der Waals surface area contributed by atoms with Crippen molar-refractivity contribution in [2.45, 2.75) is 13.2 Å². The Kier molecular flexibility index (Phi) is 6.11. The number of halogens is 1. The van der Waals surface area contributed by atoms with Crippen molar-refractivity contribution in [1.29, 1.82) is 0 Å². The van der Waals surface area contributed by atoms with Crippen LogP contribution in [0.1, 0.15) is 11.3 Å². The average molecular weight is 387 g/mol. The van der Waals surface area contributed by atoms with Gasteiger partial charge in [0.25, 0.3) is 0 Å². The van der Waals surface area contributed by atoms with Gasteiger partial charge in [0, 0.05) is 10.6 Å². The summed E-state index contributed by atoms with van der Waals surface area (Å²) in [5.74, 6) is -0.278. The summed E-state index contributed by atoms with van der Waals surface area (Å²) in [5.41, 5.74) is 3.37. The van der Waals surface area contributed by atoms with E-state index in [4.69, 9.17) is 26.2 Å². The molecular formula is C20H19ClN2O4. The van der Waals surface area contributed by atoms with Crippen LogP contribution in [0.4, 0.5) is 0 Å². The Labute approximate surface area is 161 Å². The second kappa shape index (κ2) is 8.70. The van der Waals surface area contributed by atoms with Crippen LogP contribution in [0.25, 0.3) is 11.3 Å². The second-order valence-corrected chi connectivity index (χ2v) is 6.30. The maximum atomic E-state index is 10.7. The molecule has 1 aromatic heterocycles. The van der Waals surface area contributed by atoms with Gasteiger partial charge >= 0.3 is 5.97 Å². The minimum Gasteiger partial charge on any atom is -0.497 e. The minimum atomic E-state index is -1.02. The van der Waals surface area contributed by atoms with E-state index in [0.717, 1.165) is 22.6 Å². The number of methoxy groups -OCH3 is 1. The van der Waals surface area contributed by atoms with Gasteiger partial charge in [0.05, 0.1) is 31.6 Å². The summed E-state index contributed by atoms with van der Waals surface area (Å²) >= 11 is 6.29. The van der Waals surface area contributed by atoms with Crippen molar-refractivity contribution in [3.05, 3.63) is 70.9 Å². The number of aromatic nitrogens is 2. The van der Waals surface area contributed by atoms with Crippen LogP contribution in [0, 0.1) is 0 Å². The summed E-state index contributed by atoms with van der Waals surface area (Å²) in [6.07, 6.45) is 0. The zero-order valence-electron chi connectivity index (χ0n) is 14.8. The summed E-state index contributed by atoms with van der Waals surface area (Å²) in [7, 11) is 1.62. The van der Waals surface area contributed by atoms with Gasteiger partial charge in [-0.3, -0.25) is 4.68 Å². The molecule has 0 atom stereocenters. The highest BCUT2D eigenvalue weighted by Crippen LogP contribution is 2.27. The molecule has 0 saturated heterocycles. The topological polar surface area (TPSA) is 73.6 Å². The zero-order chi connectivity index (χ0) is 19.2. The predicted molar refractivity (Wildman–Crippen MR) is 102 cm³/mol. The van der Waals surface area contributed by atoms with Crippen molar-refractivity contribution < 1.29 is 19.4 Å². The van der Waals surface area contributed by atoms with E-state index < -0.39 is 5.97 Å². The summed E-state index contributed by atoms with van der Waals surface area (Å²) in [6.45, 7) is 0.218. The average Bonchev–Trinajstić information content (AvgIpc) is 3.06. The van der Waals surface area contributed by atoms with Crippen molar-refractivity contribution >= 4 is 17.6 Å². The molecule has 0 aliphatic heterocycles. The van der Waals surface area contributed by atoms with E-state index >= 15 is 0 Å². The van der Waals surface area contributed by atoms with Crippen LogP contribution in [0.2, 0.25) is 5.02 Å². The van der Waals surface area contributed by atoms with Crippen LogP contribution < -0.4 is 4.74 Å². The molecule has 0 aliphatic rings. The number of rotatable bonds is 8. The molecule has 27 heavy (non-hydrogen) atoms. The quantitative estimate of drug-likeness (QED) is 0.636. The molecule has 7 heteroatoms. The number of carboxylic acid groups (broad SMARTS) is 1. The predicted octanol–water partition coefficient (Wildman–Crippen LogP) is 3.86. The molecule has 0 saturated carbocycles. The van der Waals surface area contributed by atoms with Gasteiger partial charge in [-0.05, 0) is 29.8 Å². The maximum Gasteiger partial charge on any atom is 0.329 e. The zero-order valence-corrected chi connectivity index (χ0v) is 15.5. The van der Waals surface area contributed by atoms with E-state index in [1.54, 1.807) is 7.11 Å². The number of nitrogens with zero attached hydrogens (tertiary/aromatic N) is 2. The van der Waals surface area contributed by atoms with E-state index in [2.05, 4.69) is 5.10 Å². The Balaban J connectivity index is 1.94. The largest absolute Gasteiger partial charge is 0.497 e. The van der Waals surface area contributed by atoms with Gasteiger partial charge < -0.3 is 14.6 Å². The number of benzene rings is 2. The maximum absolute atomic E-state index is 10.7. The van der Waals surface area contributed by atoms with Gasteiger partial charge in [0.15, 0.2) is 0 Å². The van der Waals surface area contributed by atoms with Gasteiger partial charge in [0.2, 0.25) is 0 Å². The Hall–Kier alpha value is -2.83. The Bertz CT molecular complexity index is 939. The van der Waals surface area contributed by atoms with Crippen LogP contribution in [-0.2, 0) is 22.7 Å². The monoisotopic (exact) mass is 386 g/mol. The van der Waals surface area contributed by atoms with Crippen molar-refractivity contribution in [2.75, 3.05) is 13.7 Å². The lowest BCUT2D eigenvalue weighted by Crippen LogP contribution is -2.08. The molecule has 1 heterocycles. The van der Waals surface area contributed by atoms with Gasteiger partial charge in [-0.1, -0.05) is 41.9 Å². The highest BCUT2D eigenvalue weighted by atomic mass is 35.5. The first kappa shape index (κ1) is 18.9. The molecule has 0 unspecified atom stereocenters. The number of hydrogen-bond donors (Lipinski definition) is 1. The van der Waals surface area contributed by atoms with Crippen molar-refractivity contribution in [3.8, 4) is 17.0 Å². The summed E-state index contributed by atoms with van der Waals surface area (Å²) in [4.78, 5) is 10.7. The molecular weight excluding hydrogens is 368 g/mol. The fourth-order valence-corrected chi connectivity index (χ4v) is 2.90. The van der Waals surface area contributed by atoms with E-state index in [1.165, 1.54) is 0 Å². The highest BCUT2D eigenvalue weighted by Gasteiger charge is 2.13. The molecule has 3 aromatic rings. The smallest absolute Gasteiger partial charge is 0.329 e. The van der Waals surface area contributed by atoms with E-state index in [1.807, 2.05) is 59.3 Å². The minimum absolute atomic E-state index is 0.110. The van der Waals surface area contributed by atoms with Crippen LogP contribution in [0.15, 0.2) is 54.6 Å². The molecule has 2 aromatic carbocycles. The number of hydrogen-bond acceptors (Lipinski definition) is 4. The van der Waals surface area contributed by atoms with E-state index in [0.29, 0.717) is 17.3 Å². The number of carbonyl (C=O) groups is 1. The summed E-state index contributed by atoms with van der Waals surface area (Å²) in [6, 6.07) is 17.1. The lowest BCUT2D eigenvalue weighted by atomic mass is 10.1. The van der Waals surface area contributed by atoms with Crippen molar-refractivity contribution in [3.63, 3.8) is 0 Å². The molecule has 0 spiro atoms. The highest BCUT2D eigenvalue weighted by molar-refractivity contribution is 6.31. The van der Waals surface area contributed by atoms with Gasteiger partial charge in [-0.15, -0.1) is 0 Å². The second-order valence-electron chi connectivity index (χ2n) is 5.89. The number of carboxylic acids is 1. The van der Waals surface area contributed by atoms with E-state index in [9.17, 15) is 4.79 Å². The summed E-state index contributed by atoms with van der Waals surface area (Å²) < 4.78 is 12.3. The number of aliphatic carboxylic acids is 1. The van der Waals surface area contributed by atoms with Gasteiger partial charge in [-0.2, -0.15) is 5.10 Å². The molecule has 6 nitrogen and oxygen atoms in total. The molecule has 0 amide bonds. The molecule has 3 rings (SSSR count). The third-order valence-electron chi connectivity index (χ3n) is 3.95. The standard InChI is InChI=1S/C20H19ClN2O4/c1-26-17-7-4-6-14(9-17)19-10-16(12-27-13-20(24)25)22-23(19)11-15-5-2-3-8-18(15)21/h2-10H,11-13H2,1H3,(H,24,25). The number of ether oxygens (including phenoxy) is 2. The summed E-state index contributed by atoms with van der Waals surface area (Å²) in [5, 5.41) is 14.0. The van der Waals surface area contributed by atoms with Gasteiger partial charge in [0.1, 0.15) is 12.4 Å². The van der Waals surface area contributed by atoms with Crippen LogP contribution >= 0.6 is 11.6 Å². The Morgan fingerprint density at radius 3 is 2.74 bits per heavy atom. The van der Waals surface area contributed by atoms with Crippen molar-refractivity contribution in [2.24, 2.45) is 0 Å². The SMILES string of the molecule is COc1cccc(-c2cc(COCC(=O)O)nn2Cc2ccccc2Cl)c1. The third kappa shape index (κ3) is 4.87. The fourth-order valence-electron chi connectivity index (χ4n) is 2.71. The van der Waals surface area contributed by atoms with E-state index in [-0.39, 0.29) is 13.2 Å². The lowest BCUT2D eigenvalue weighted by Gasteiger charge is -2.10. The van der Waals surface area contributed by atoms with Crippen LogP contribution in [0.3, 0.4) is 0 Å². The lowest BCUT2D eigenvalue weighted by molar-refractivity contribution is -0.142. The molecule has 140 valence electrons. The first-order valence-corrected chi connectivity index (χ1v) is 8.68. The van der Waals surface area contributed by atoms with Crippen molar-refractivity contribution in [1.82, 2.24) is 9.78 Å². The normalized spacial score (nSPS) is 10.7. The fraction of sp³-hybridized carbons (Fsp3) is 0.200. The Morgan fingerprint density at radius 2 is 2.00 bits per heavy atom. The van der Waals surface area contributed by atoms with Gasteiger partial charge in [-0.25, -0.2) is 4.79 Å². The molecule has 0 bridgehead atoms. The molecule has 0 radical (unpaired) electrons. The molecule has 0 aliphatic carbocycles.